The number of carbonyl (C=O) groups is 2. The minimum atomic E-state index is -0.854. The summed E-state index contributed by atoms with van der Waals surface area (Å²) in [7, 11) is 0. The van der Waals surface area contributed by atoms with Crippen LogP contribution in [0.4, 0.5) is 0 Å². The molecule has 0 heterocycles. The maximum Gasteiger partial charge on any atom is 0.220 e. The van der Waals surface area contributed by atoms with Gasteiger partial charge in [0.1, 0.15) is 5.38 Å². The van der Waals surface area contributed by atoms with Crippen LogP contribution >= 0.6 is 11.6 Å². The van der Waals surface area contributed by atoms with Gasteiger partial charge in [-0.25, -0.2) is 0 Å². The number of benzene rings is 1. The Morgan fingerprint density at radius 3 is 2.50 bits per heavy atom. The maximum atomic E-state index is 11.3. The Labute approximate surface area is 87.9 Å². The van der Waals surface area contributed by atoms with Gasteiger partial charge in [-0.05, 0) is 12.5 Å². The molecule has 1 atom stereocenters. The summed E-state index contributed by atoms with van der Waals surface area (Å²) in [6.45, 7) is 3.14. The van der Waals surface area contributed by atoms with Gasteiger partial charge in [0.15, 0.2) is 5.78 Å². The van der Waals surface area contributed by atoms with E-state index in [1.165, 1.54) is 6.92 Å². The molecule has 14 heavy (non-hydrogen) atoms. The fourth-order valence-electron chi connectivity index (χ4n) is 1.16. The van der Waals surface area contributed by atoms with E-state index >= 15 is 0 Å². The number of halogens is 1. The lowest BCUT2D eigenvalue weighted by molar-refractivity contribution is -0.135. The second-order valence-corrected chi connectivity index (χ2v) is 3.63. The van der Waals surface area contributed by atoms with E-state index in [9.17, 15) is 9.59 Å². The topological polar surface area (TPSA) is 34.1 Å². The van der Waals surface area contributed by atoms with Gasteiger partial charge in [-0.15, -0.1) is 11.6 Å². The summed E-state index contributed by atoms with van der Waals surface area (Å²) in [6, 6.07) is 7.27. The van der Waals surface area contributed by atoms with E-state index in [1.54, 1.807) is 12.1 Å². The highest BCUT2D eigenvalue weighted by Gasteiger charge is 2.21. The minimum Gasteiger partial charge on any atom is -0.291 e. The molecular weight excluding hydrogens is 200 g/mol. The van der Waals surface area contributed by atoms with Crippen LogP contribution in [0.25, 0.3) is 0 Å². The van der Waals surface area contributed by atoms with Gasteiger partial charge in [-0.3, -0.25) is 9.59 Å². The number of hydrogen-bond acceptors (Lipinski definition) is 2. The van der Waals surface area contributed by atoms with Gasteiger partial charge in [-0.2, -0.15) is 0 Å². The molecule has 0 N–H and O–H groups in total. The summed E-state index contributed by atoms with van der Waals surface area (Å²) in [5.74, 6) is -1.07. The number of ketones is 2. The van der Waals surface area contributed by atoms with Crippen LogP contribution in [0.1, 0.15) is 23.4 Å². The van der Waals surface area contributed by atoms with Crippen molar-refractivity contribution >= 4 is 23.2 Å². The molecule has 3 heteroatoms. The van der Waals surface area contributed by atoms with Gasteiger partial charge >= 0.3 is 0 Å². The van der Waals surface area contributed by atoms with Crippen molar-refractivity contribution in [3.63, 3.8) is 0 Å². The summed E-state index contributed by atoms with van der Waals surface area (Å²) in [6.07, 6.45) is 0. The van der Waals surface area contributed by atoms with Gasteiger partial charge in [-0.1, -0.05) is 29.8 Å². The smallest absolute Gasteiger partial charge is 0.220 e. The van der Waals surface area contributed by atoms with Crippen LogP contribution in [-0.4, -0.2) is 11.6 Å². The Morgan fingerprint density at radius 1 is 1.36 bits per heavy atom. The average molecular weight is 211 g/mol. The third kappa shape index (κ3) is 2.42. The Bertz CT molecular complexity index is 371. The lowest BCUT2D eigenvalue weighted by Crippen LogP contribution is -2.15. The number of Topliss-reactive ketones (excluding diaryl/α,β-unsaturated/α-hetero) is 2. The molecule has 1 aromatic rings. The van der Waals surface area contributed by atoms with E-state index in [2.05, 4.69) is 0 Å². The summed E-state index contributed by atoms with van der Waals surface area (Å²) in [5.41, 5.74) is 1.69. The third-order valence-corrected chi connectivity index (χ3v) is 2.36. The van der Waals surface area contributed by atoms with Gasteiger partial charge in [0.2, 0.25) is 5.78 Å². The molecule has 0 amide bonds. The van der Waals surface area contributed by atoms with Crippen molar-refractivity contribution < 1.29 is 9.59 Å². The van der Waals surface area contributed by atoms with Crippen LogP contribution in [-0.2, 0) is 9.59 Å². The number of rotatable bonds is 3. The van der Waals surface area contributed by atoms with Gasteiger partial charge in [0.25, 0.3) is 0 Å². The fourth-order valence-corrected chi connectivity index (χ4v) is 1.45. The van der Waals surface area contributed by atoms with E-state index in [4.69, 9.17) is 11.6 Å². The van der Waals surface area contributed by atoms with Crippen molar-refractivity contribution in [3.8, 4) is 0 Å². The Morgan fingerprint density at radius 2 is 2.00 bits per heavy atom. The first-order chi connectivity index (χ1) is 6.52. The quantitative estimate of drug-likeness (QED) is 0.567. The predicted octanol–water partition coefficient (Wildman–Crippen LogP) is 2.43. The maximum absolute atomic E-state index is 11.3. The van der Waals surface area contributed by atoms with E-state index < -0.39 is 16.9 Å². The molecule has 2 nitrogen and oxygen atoms in total. The van der Waals surface area contributed by atoms with Crippen LogP contribution in [0.2, 0.25) is 0 Å². The SMILES string of the molecule is CC(=O)C(=O)C(Cl)c1cccc(C)c1. The molecule has 0 saturated heterocycles. The van der Waals surface area contributed by atoms with Crippen LogP contribution in [0.5, 0.6) is 0 Å². The zero-order chi connectivity index (χ0) is 10.7. The Balaban J connectivity index is 2.95. The molecule has 0 aliphatic rings. The molecule has 0 radical (unpaired) electrons. The molecule has 0 bridgehead atoms. The molecule has 1 rings (SSSR count). The van der Waals surface area contributed by atoms with E-state index in [0.29, 0.717) is 5.56 Å². The highest BCUT2D eigenvalue weighted by atomic mass is 35.5. The third-order valence-electron chi connectivity index (χ3n) is 1.91. The first-order valence-corrected chi connectivity index (χ1v) is 4.71. The molecule has 0 spiro atoms. The second-order valence-electron chi connectivity index (χ2n) is 3.20. The minimum absolute atomic E-state index is 0.508. The molecule has 1 aromatic carbocycles. The van der Waals surface area contributed by atoms with Crippen molar-refractivity contribution in [2.45, 2.75) is 19.2 Å². The summed E-state index contributed by atoms with van der Waals surface area (Å²) >= 11 is 5.85. The average Bonchev–Trinajstić information content (AvgIpc) is 2.15. The zero-order valence-corrected chi connectivity index (χ0v) is 8.84. The Hall–Kier alpha value is -1.15. The van der Waals surface area contributed by atoms with Crippen molar-refractivity contribution in [2.24, 2.45) is 0 Å². The summed E-state index contributed by atoms with van der Waals surface area (Å²) < 4.78 is 0. The predicted molar refractivity (Wildman–Crippen MR) is 55.5 cm³/mol. The first kappa shape index (κ1) is 10.9. The number of alkyl halides is 1. The fraction of sp³-hybridized carbons (Fsp3) is 0.273. The highest BCUT2D eigenvalue weighted by molar-refractivity contribution is 6.48. The van der Waals surface area contributed by atoms with Crippen LogP contribution in [0.3, 0.4) is 0 Å². The molecule has 0 fully saturated rings. The van der Waals surface area contributed by atoms with E-state index in [1.807, 2.05) is 19.1 Å². The monoisotopic (exact) mass is 210 g/mol. The highest BCUT2D eigenvalue weighted by Crippen LogP contribution is 2.22. The molecule has 74 valence electrons. The molecule has 0 aliphatic heterocycles. The Kier molecular flexibility index (Phi) is 3.42. The molecular formula is C11H11ClO2. The first-order valence-electron chi connectivity index (χ1n) is 4.28. The van der Waals surface area contributed by atoms with Crippen LogP contribution < -0.4 is 0 Å². The van der Waals surface area contributed by atoms with E-state index in [0.717, 1.165) is 5.56 Å². The van der Waals surface area contributed by atoms with Crippen molar-refractivity contribution in [3.05, 3.63) is 35.4 Å². The molecule has 1 unspecified atom stereocenters. The van der Waals surface area contributed by atoms with Gasteiger partial charge in [0, 0.05) is 6.92 Å². The zero-order valence-electron chi connectivity index (χ0n) is 8.08. The van der Waals surface area contributed by atoms with Crippen LogP contribution in [0.15, 0.2) is 24.3 Å². The standard InChI is InChI=1S/C11H11ClO2/c1-7-4-3-5-9(6-7)10(12)11(14)8(2)13/h3-6,10H,1-2H3. The van der Waals surface area contributed by atoms with Crippen molar-refractivity contribution in [1.29, 1.82) is 0 Å². The van der Waals surface area contributed by atoms with Gasteiger partial charge < -0.3 is 0 Å². The molecule has 0 saturated carbocycles. The lowest BCUT2D eigenvalue weighted by atomic mass is 10.0. The second kappa shape index (κ2) is 4.38. The van der Waals surface area contributed by atoms with Crippen LogP contribution in [0, 0.1) is 6.92 Å². The normalized spacial score (nSPS) is 12.2. The summed E-state index contributed by atoms with van der Waals surface area (Å²) in [4.78, 5) is 22.1. The summed E-state index contributed by atoms with van der Waals surface area (Å²) in [5, 5.41) is -0.854. The number of aryl methyl sites for hydroxylation is 1. The van der Waals surface area contributed by atoms with Crippen molar-refractivity contribution in [1.82, 2.24) is 0 Å². The lowest BCUT2D eigenvalue weighted by Gasteiger charge is -2.06. The van der Waals surface area contributed by atoms with Crippen molar-refractivity contribution in [2.75, 3.05) is 0 Å². The number of hydrogen-bond donors (Lipinski definition) is 0. The van der Waals surface area contributed by atoms with E-state index in [-0.39, 0.29) is 0 Å². The van der Waals surface area contributed by atoms with Gasteiger partial charge in [0.05, 0.1) is 0 Å². The largest absolute Gasteiger partial charge is 0.291 e. The molecule has 0 aliphatic carbocycles. The number of carbonyl (C=O) groups excluding carboxylic acids is 2. The molecule has 0 aromatic heterocycles.